The Morgan fingerprint density at radius 1 is 1.21 bits per heavy atom. The fraction of sp³-hybridized carbons (Fsp3) is 0.350. The summed E-state index contributed by atoms with van der Waals surface area (Å²) in [5.74, 6) is -1.70. The van der Waals surface area contributed by atoms with Crippen molar-refractivity contribution in [2.75, 3.05) is 18.8 Å². The third kappa shape index (κ3) is 5.44. The summed E-state index contributed by atoms with van der Waals surface area (Å²) in [6.45, 7) is -0.727. The van der Waals surface area contributed by atoms with E-state index in [0.717, 1.165) is 18.6 Å². The summed E-state index contributed by atoms with van der Waals surface area (Å²) < 4.78 is 66.6. The first-order valence-electron chi connectivity index (χ1n) is 10.1. The van der Waals surface area contributed by atoms with Crippen LogP contribution in [-0.2, 0) is 6.54 Å². The number of halogens is 5. The maximum absolute atomic E-state index is 14.6. The number of carbonyl (C=O) groups is 1. The van der Waals surface area contributed by atoms with Crippen LogP contribution in [0.3, 0.4) is 0 Å². The second-order valence-electron chi connectivity index (χ2n) is 7.74. The first-order valence-corrected chi connectivity index (χ1v) is 10.1. The smallest absolute Gasteiger partial charge is 0.382 e. The Morgan fingerprint density at radius 2 is 2.00 bits per heavy atom. The van der Waals surface area contributed by atoms with Gasteiger partial charge in [-0.05, 0) is 6.07 Å². The van der Waals surface area contributed by atoms with E-state index in [9.17, 15) is 26.7 Å². The summed E-state index contributed by atoms with van der Waals surface area (Å²) in [6.07, 6.45) is -1.13. The minimum Gasteiger partial charge on any atom is -0.382 e. The molecule has 1 saturated heterocycles. The number of amides is 1. The Morgan fingerprint density at radius 3 is 2.74 bits per heavy atom. The quantitative estimate of drug-likeness (QED) is 0.476. The van der Waals surface area contributed by atoms with Crippen molar-refractivity contribution >= 4 is 11.7 Å². The van der Waals surface area contributed by atoms with E-state index in [1.807, 2.05) is 0 Å². The zero-order valence-electron chi connectivity index (χ0n) is 17.5. The number of piperidine rings is 1. The van der Waals surface area contributed by atoms with Crippen molar-refractivity contribution in [3.8, 4) is 22.5 Å². The zero-order chi connectivity index (χ0) is 24.5. The molecule has 0 aromatic carbocycles. The van der Waals surface area contributed by atoms with Crippen molar-refractivity contribution < 1.29 is 26.7 Å². The monoisotopic (exact) mass is 482 g/mol. The lowest BCUT2D eigenvalue weighted by Crippen LogP contribution is -2.49. The molecular formula is C20H19F5N8O. The normalized spacial score (nSPS) is 18.6. The van der Waals surface area contributed by atoms with Gasteiger partial charge in [-0.1, -0.05) is 0 Å². The lowest BCUT2D eigenvalue weighted by atomic mass is 10.1. The molecule has 1 fully saturated rings. The first kappa shape index (κ1) is 23.5. The summed E-state index contributed by atoms with van der Waals surface area (Å²) in [5.41, 5.74) is 5.72. The largest absolute Gasteiger partial charge is 0.408 e. The van der Waals surface area contributed by atoms with Crippen molar-refractivity contribution in [3.05, 3.63) is 42.4 Å². The van der Waals surface area contributed by atoms with Crippen molar-refractivity contribution in [2.24, 2.45) is 0 Å². The van der Waals surface area contributed by atoms with Gasteiger partial charge in [0.05, 0.1) is 30.0 Å². The van der Waals surface area contributed by atoms with Crippen molar-refractivity contribution in [2.45, 2.75) is 31.4 Å². The SMILES string of the molecule is Nc1ncc(-c2cc(-c3cnn(CC(F)(F)F)c3)ncc2F)nc1C(=O)NC1CNC[C@@H](F)C1. The number of anilines is 1. The van der Waals surface area contributed by atoms with Gasteiger partial charge >= 0.3 is 6.18 Å². The summed E-state index contributed by atoms with van der Waals surface area (Å²) in [6, 6.07) is 0.767. The number of aromatic nitrogens is 5. The van der Waals surface area contributed by atoms with Gasteiger partial charge < -0.3 is 16.4 Å². The number of nitrogens with zero attached hydrogens (tertiary/aromatic N) is 5. The molecule has 4 rings (SSSR count). The Hall–Kier alpha value is -3.68. The van der Waals surface area contributed by atoms with E-state index in [2.05, 4.69) is 30.7 Å². The van der Waals surface area contributed by atoms with Gasteiger partial charge in [-0.25, -0.2) is 18.7 Å². The number of nitrogens with two attached hydrogens (primary N) is 1. The number of hydrogen-bond acceptors (Lipinski definition) is 7. The number of hydrogen-bond donors (Lipinski definition) is 3. The molecule has 9 nitrogen and oxygen atoms in total. The van der Waals surface area contributed by atoms with E-state index in [1.54, 1.807) is 0 Å². The molecule has 1 aliphatic heterocycles. The van der Waals surface area contributed by atoms with Crippen molar-refractivity contribution in [1.29, 1.82) is 0 Å². The summed E-state index contributed by atoms with van der Waals surface area (Å²) in [4.78, 5) is 24.6. The number of nitrogens with one attached hydrogen (secondary N) is 2. The van der Waals surface area contributed by atoms with Gasteiger partial charge in [-0.15, -0.1) is 0 Å². The zero-order valence-corrected chi connectivity index (χ0v) is 17.5. The van der Waals surface area contributed by atoms with Crippen LogP contribution in [0.1, 0.15) is 16.9 Å². The lowest BCUT2D eigenvalue weighted by molar-refractivity contribution is -0.142. The molecule has 3 aromatic heterocycles. The molecule has 180 valence electrons. The predicted octanol–water partition coefficient (Wildman–Crippen LogP) is 2.12. The van der Waals surface area contributed by atoms with E-state index in [4.69, 9.17) is 5.73 Å². The topological polar surface area (TPSA) is 124 Å². The molecule has 3 aromatic rings. The number of rotatable bonds is 5. The summed E-state index contributed by atoms with van der Waals surface area (Å²) in [7, 11) is 0. The maximum Gasteiger partial charge on any atom is 0.408 e. The number of carbonyl (C=O) groups excluding carboxylic acids is 1. The van der Waals surface area contributed by atoms with Crippen LogP contribution in [0.5, 0.6) is 0 Å². The van der Waals surface area contributed by atoms with Crippen molar-refractivity contribution in [3.63, 3.8) is 0 Å². The molecule has 0 saturated carbocycles. The number of pyridine rings is 1. The van der Waals surface area contributed by atoms with Crippen LogP contribution in [-0.4, -0.2) is 62.1 Å². The molecule has 2 atom stereocenters. The van der Waals surface area contributed by atoms with Gasteiger partial charge in [0.25, 0.3) is 5.91 Å². The van der Waals surface area contributed by atoms with Crippen molar-refractivity contribution in [1.82, 2.24) is 35.4 Å². The molecular weight excluding hydrogens is 463 g/mol. The van der Waals surface area contributed by atoms with Gasteiger partial charge in [0.2, 0.25) is 0 Å². The van der Waals surface area contributed by atoms with Crippen LogP contribution >= 0.6 is 0 Å². The lowest BCUT2D eigenvalue weighted by Gasteiger charge is -2.26. The van der Waals surface area contributed by atoms with E-state index < -0.39 is 36.7 Å². The Balaban J connectivity index is 1.60. The Labute approximate surface area is 189 Å². The van der Waals surface area contributed by atoms with Crippen LogP contribution in [0.2, 0.25) is 0 Å². The third-order valence-corrected chi connectivity index (χ3v) is 5.05. The maximum atomic E-state index is 14.6. The fourth-order valence-corrected chi connectivity index (χ4v) is 3.51. The highest BCUT2D eigenvalue weighted by Crippen LogP contribution is 2.27. The van der Waals surface area contributed by atoms with E-state index in [0.29, 0.717) is 11.2 Å². The predicted molar refractivity (Wildman–Crippen MR) is 111 cm³/mol. The minimum absolute atomic E-state index is 0.0479. The highest BCUT2D eigenvalue weighted by Gasteiger charge is 2.29. The molecule has 0 radical (unpaired) electrons. The molecule has 1 amide bonds. The second kappa shape index (κ2) is 9.29. The number of alkyl halides is 4. The van der Waals surface area contributed by atoms with Gasteiger partial charge in [0.15, 0.2) is 17.3 Å². The average molecular weight is 482 g/mol. The Bertz CT molecular complexity index is 1200. The minimum atomic E-state index is -4.46. The average Bonchev–Trinajstić information content (AvgIpc) is 3.21. The van der Waals surface area contributed by atoms with Crippen LogP contribution in [0, 0.1) is 5.82 Å². The van der Waals surface area contributed by atoms with Gasteiger partial charge in [0.1, 0.15) is 12.7 Å². The summed E-state index contributed by atoms with van der Waals surface area (Å²) in [5, 5.41) is 9.13. The van der Waals surface area contributed by atoms with Gasteiger partial charge in [0, 0.05) is 42.9 Å². The molecule has 4 heterocycles. The molecule has 0 spiro atoms. The highest BCUT2D eigenvalue weighted by molar-refractivity contribution is 5.97. The Kier molecular flexibility index (Phi) is 6.41. The molecule has 1 aliphatic rings. The van der Waals surface area contributed by atoms with Gasteiger partial charge in [-0.2, -0.15) is 18.3 Å². The van der Waals surface area contributed by atoms with Crippen LogP contribution in [0.25, 0.3) is 22.5 Å². The van der Waals surface area contributed by atoms with E-state index in [1.165, 1.54) is 12.3 Å². The highest BCUT2D eigenvalue weighted by atomic mass is 19.4. The fourth-order valence-electron chi connectivity index (χ4n) is 3.51. The standard InChI is InChI=1S/C20H19F5N8O/c21-11-1-12(5-27-4-11)31-19(34)17-18(26)29-7-16(32-17)13-2-15(28-6-14(13)22)10-3-30-33(8-10)9-20(23,24)25/h2-3,6-8,11-12,27H,1,4-5,9H2,(H2,26,29)(H,31,34)/t11-,12?/m0/s1. The molecule has 34 heavy (non-hydrogen) atoms. The number of nitrogen functional groups attached to an aromatic ring is 1. The molecule has 0 bridgehead atoms. The van der Waals surface area contributed by atoms with E-state index in [-0.39, 0.29) is 47.0 Å². The van der Waals surface area contributed by atoms with Crippen LogP contribution < -0.4 is 16.4 Å². The van der Waals surface area contributed by atoms with Gasteiger partial charge in [-0.3, -0.25) is 14.5 Å². The van der Waals surface area contributed by atoms with Crippen LogP contribution in [0.4, 0.5) is 27.8 Å². The molecule has 4 N–H and O–H groups in total. The first-order chi connectivity index (χ1) is 16.1. The van der Waals surface area contributed by atoms with Crippen LogP contribution in [0.15, 0.2) is 30.9 Å². The second-order valence-corrected chi connectivity index (χ2v) is 7.74. The van der Waals surface area contributed by atoms with E-state index >= 15 is 0 Å². The third-order valence-electron chi connectivity index (χ3n) is 5.05. The molecule has 1 unspecified atom stereocenters. The summed E-state index contributed by atoms with van der Waals surface area (Å²) >= 11 is 0. The molecule has 14 heteroatoms. The molecule has 0 aliphatic carbocycles.